The van der Waals surface area contributed by atoms with E-state index in [2.05, 4.69) is 20.2 Å². The predicted octanol–water partition coefficient (Wildman–Crippen LogP) is 3.90. The Bertz CT molecular complexity index is 955. The number of rotatable bonds is 7. The molecule has 0 atom stereocenters. The zero-order chi connectivity index (χ0) is 20.1. The number of aryl methyl sites for hydroxylation is 1. The van der Waals surface area contributed by atoms with E-state index in [1.54, 1.807) is 13.0 Å². The van der Waals surface area contributed by atoms with Gasteiger partial charge in [0.05, 0.1) is 22.3 Å². The zero-order valence-electron chi connectivity index (χ0n) is 15.0. The number of hydrogen-bond acceptors (Lipinski definition) is 5. The van der Waals surface area contributed by atoms with Gasteiger partial charge in [0.15, 0.2) is 0 Å². The number of aromatic nitrogens is 2. The molecule has 0 aliphatic rings. The Morgan fingerprint density at radius 1 is 1.25 bits per heavy atom. The summed E-state index contributed by atoms with van der Waals surface area (Å²) in [7, 11) is 0. The minimum Gasteiger partial charge on any atom is -0.372 e. The average molecular weight is 393 g/mol. The Labute approximate surface area is 158 Å². The van der Waals surface area contributed by atoms with Crippen molar-refractivity contribution in [3.63, 3.8) is 0 Å². The van der Waals surface area contributed by atoms with Crippen molar-refractivity contribution in [3.05, 3.63) is 47.7 Å². The van der Waals surface area contributed by atoms with Crippen LogP contribution in [0.25, 0.3) is 22.4 Å². The maximum atomic E-state index is 12.7. The molecule has 9 heteroatoms. The van der Waals surface area contributed by atoms with Crippen LogP contribution in [0.3, 0.4) is 0 Å². The Kier molecular flexibility index (Phi) is 5.93. The maximum Gasteiger partial charge on any atom is 0.411 e. The standard InChI is InChI=1S/C19H18F3N3O3/c1-12-16-14(17(26)23-8-5-9-27-11-19(20,21)22)10-15(24-18(16)28-25-12)13-6-3-2-4-7-13/h2-4,6-7,10H,5,8-9,11H2,1H3,(H,23,26). The molecule has 0 aliphatic carbocycles. The first-order valence-corrected chi connectivity index (χ1v) is 8.60. The SMILES string of the molecule is Cc1noc2nc(-c3ccccc3)cc(C(=O)NCCCOCC(F)(F)F)c12. The zero-order valence-corrected chi connectivity index (χ0v) is 15.0. The Balaban J connectivity index is 1.72. The summed E-state index contributed by atoms with van der Waals surface area (Å²) >= 11 is 0. The number of ether oxygens (including phenoxy) is 1. The summed E-state index contributed by atoms with van der Waals surface area (Å²) in [6, 6.07) is 10.9. The summed E-state index contributed by atoms with van der Waals surface area (Å²) in [5, 5.41) is 7.07. The van der Waals surface area contributed by atoms with Crippen molar-refractivity contribution in [1.82, 2.24) is 15.5 Å². The third kappa shape index (κ3) is 4.86. The van der Waals surface area contributed by atoms with Crippen molar-refractivity contribution in [1.29, 1.82) is 0 Å². The number of pyridine rings is 1. The van der Waals surface area contributed by atoms with E-state index >= 15 is 0 Å². The molecule has 0 spiro atoms. The Morgan fingerprint density at radius 3 is 2.71 bits per heavy atom. The van der Waals surface area contributed by atoms with Gasteiger partial charge in [-0.15, -0.1) is 0 Å². The van der Waals surface area contributed by atoms with Crippen molar-refractivity contribution >= 4 is 17.0 Å². The molecule has 3 aromatic rings. The lowest BCUT2D eigenvalue weighted by atomic mass is 10.1. The van der Waals surface area contributed by atoms with Crippen LogP contribution in [-0.4, -0.2) is 42.0 Å². The molecule has 0 unspecified atom stereocenters. The fourth-order valence-electron chi connectivity index (χ4n) is 2.69. The van der Waals surface area contributed by atoms with E-state index in [-0.39, 0.29) is 31.2 Å². The summed E-state index contributed by atoms with van der Waals surface area (Å²) in [6.45, 7) is 0.475. The summed E-state index contributed by atoms with van der Waals surface area (Å²) in [4.78, 5) is 17.1. The van der Waals surface area contributed by atoms with Crippen LogP contribution in [0.5, 0.6) is 0 Å². The van der Waals surface area contributed by atoms with E-state index in [0.29, 0.717) is 22.3 Å². The van der Waals surface area contributed by atoms with Crippen LogP contribution in [0.15, 0.2) is 40.9 Å². The van der Waals surface area contributed by atoms with Gasteiger partial charge in [-0.05, 0) is 19.4 Å². The highest BCUT2D eigenvalue weighted by molar-refractivity contribution is 6.06. The molecule has 0 radical (unpaired) electrons. The molecular formula is C19H18F3N3O3. The summed E-state index contributed by atoms with van der Waals surface area (Å²) in [5.74, 6) is -0.383. The van der Waals surface area contributed by atoms with Gasteiger partial charge in [-0.3, -0.25) is 4.79 Å². The quantitative estimate of drug-likeness (QED) is 0.616. The van der Waals surface area contributed by atoms with E-state index in [1.165, 1.54) is 0 Å². The van der Waals surface area contributed by atoms with E-state index in [4.69, 9.17) is 4.52 Å². The fraction of sp³-hybridized carbons (Fsp3) is 0.316. The summed E-state index contributed by atoms with van der Waals surface area (Å²) in [5.41, 5.74) is 2.49. The van der Waals surface area contributed by atoms with Crippen molar-refractivity contribution < 1.29 is 27.2 Å². The van der Waals surface area contributed by atoms with E-state index in [0.717, 1.165) is 5.56 Å². The monoisotopic (exact) mass is 393 g/mol. The number of halogens is 3. The number of amides is 1. The number of benzene rings is 1. The van der Waals surface area contributed by atoms with Crippen LogP contribution in [0, 0.1) is 6.92 Å². The Morgan fingerprint density at radius 2 is 2.00 bits per heavy atom. The molecule has 1 aromatic carbocycles. The number of alkyl halides is 3. The molecule has 28 heavy (non-hydrogen) atoms. The topological polar surface area (TPSA) is 77.2 Å². The van der Waals surface area contributed by atoms with Gasteiger partial charge < -0.3 is 14.6 Å². The highest BCUT2D eigenvalue weighted by atomic mass is 19.4. The predicted molar refractivity (Wildman–Crippen MR) is 95.8 cm³/mol. The first-order chi connectivity index (χ1) is 13.3. The van der Waals surface area contributed by atoms with Crippen molar-refractivity contribution in [2.45, 2.75) is 19.5 Å². The molecule has 6 nitrogen and oxygen atoms in total. The summed E-state index contributed by atoms with van der Waals surface area (Å²) < 4.78 is 45.8. The lowest BCUT2D eigenvalue weighted by Gasteiger charge is -2.09. The smallest absolute Gasteiger partial charge is 0.372 e. The number of nitrogens with zero attached hydrogens (tertiary/aromatic N) is 2. The third-order valence-corrected chi connectivity index (χ3v) is 3.95. The molecule has 1 amide bonds. The number of hydrogen-bond donors (Lipinski definition) is 1. The molecule has 2 heterocycles. The van der Waals surface area contributed by atoms with Crippen LogP contribution in [0.4, 0.5) is 13.2 Å². The molecule has 0 aliphatic heterocycles. The van der Waals surface area contributed by atoms with Gasteiger partial charge in [0.2, 0.25) is 0 Å². The second-order valence-electron chi connectivity index (χ2n) is 6.15. The lowest BCUT2D eigenvalue weighted by Crippen LogP contribution is -2.26. The van der Waals surface area contributed by atoms with Crippen molar-refractivity contribution in [2.75, 3.05) is 19.8 Å². The minimum absolute atomic E-state index is 0.104. The Hall–Kier alpha value is -2.94. The third-order valence-electron chi connectivity index (χ3n) is 3.95. The summed E-state index contributed by atoms with van der Waals surface area (Å²) in [6.07, 6.45) is -4.10. The van der Waals surface area contributed by atoms with Crippen LogP contribution >= 0.6 is 0 Å². The lowest BCUT2D eigenvalue weighted by molar-refractivity contribution is -0.173. The van der Waals surface area contributed by atoms with Crippen LogP contribution < -0.4 is 5.32 Å². The molecule has 3 rings (SSSR count). The molecule has 1 N–H and O–H groups in total. The molecule has 0 saturated carbocycles. The first-order valence-electron chi connectivity index (χ1n) is 8.60. The molecule has 2 aromatic heterocycles. The van der Waals surface area contributed by atoms with Gasteiger partial charge in [-0.1, -0.05) is 35.5 Å². The van der Waals surface area contributed by atoms with Gasteiger partial charge in [-0.25, -0.2) is 4.98 Å². The van der Waals surface area contributed by atoms with E-state index < -0.39 is 12.8 Å². The van der Waals surface area contributed by atoms with Crippen LogP contribution in [0.1, 0.15) is 22.5 Å². The molecule has 0 saturated heterocycles. The fourth-order valence-corrected chi connectivity index (χ4v) is 2.69. The largest absolute Gasteiger partial charge is 0.411 e. The van der Waals surface area contributed by atoms with Gasteiger partial charge in [-0.2, -0.15) is 13.2 Å². The number of carbonyl (C=O) groups is 1. The minimum atomic E-state index is -4.36. The molecule has 0 bridgehead atoms. The first kappa shape index (κ1) is 19.8. The van der Waals surface area contributed by atoms with Gasteiger partial charge >= 0.3 is 6.18 Å². The van der Waals surface area contributed by atoms with Gasteiger partial charge in [0.25, 0.3) is 11.6 Å². The van der Waals surface area contributed by atoms with Crippen molar-refractivity contribution in [2.24, 2.45) is 0 Å². The second-order valence-corrected chi connectivity index (χ2v) is 6.15. The van der Waals surface area contributed by atoms with E-state index in [9.17, 15) is 18.0 Å². The number of fused-ring (bicyclic) bond motifs is 1. The van der Waals surface area contributed by atoms with E-state index in [1.807, 2.05) is 30.3 Å². The van der Waals surface area contributed by atoms with Gasteiger partial charge in [0, 0.05) is 18.7 Å². The number of nitrogens with one attached hydrogen (secondary N) is 1. The molecular weight excluding hydrogens is 375 g/mol. The maximum absolute atomic E-state index is 12.7. The highest BCUT2D eigenvalue weighted by Gasteiger charge is 2.27. The average Bonchev–Trinajstić information content (AvgIpc) is 3.04. The normalized spacial score (nSPS) is 11.7. The van der Waals surface area contributed by atoms with Crippen LogP contribution in [-0.2, 0) is 4.74 Å². The second kappa shape index (κ2) is 8.39. The van der Waals surface area contributed by atoms with Crippen molar-refractivity contribution in [3.8, 4) is 11.3 Å². The van der Waals surface area contributed by atoms with Gasteiger partial charge in [0.1, 0.15) is 6.61 Å². The number of carbonyl (C=O) groups excluding carboxylic acids is 1. The molecule has 148 valence electrons. The van der Waals surface area contributed by atoms with Crippen LogP contribution in [0.2, 0.25) is 0 Å². The molecule has 0 fully saturated rings. The highest BCUT2D eigenvalue weighted by Crippen LogP contribution is 2.26.